The van der Waals surface area contributed by atoms with Gasteiger partial charge in [-0.1, -0.05) is 18.2 Å². The molecule has 2 rings (SSSR count). The Balaban J connectivity index is 2.04. The average molecular weight is 340 g/mol. The van der Waals surface area contributed by atoms with Crippen LogP contribution in [0.15, 0.2) is 54.6 Å². The molecule has 4 nitrogen and oxygen atoms in total. The molecule has 128 valence electrons. The van der Waals surface area contributed by atoms with Crippen LogP contribution < -0.4 is 9.47 Å². The summed E-state index contributed by atoms with van der Waals surface area (Å²) in [6, 6.07) is 12.8. The monoisotopic (exact) mass is 340 g/mol. The van der Waals surface area contributed by atoms with Crippen molar-refractivity contribution in [3.63, 3.8) is 0 Å². The predicted molar refractivity (Wildman–Crippen MR) is 79.8 cm³/mol. The minimum Gasteiger partial charge on any atom is -0.489 e. The summed E-state index contributed by atoms with van der Waals surface area (Å²) in [5.74, 6) is -0.0525. The zero-order valence-electron chi connectivity index (χ0n) is 12.7. The fraction of sp³-hybridized carbons (Fsp3) is 0.235. The van der Waals surface area contributed by atoms with E-state index in [1.165, 1.54) is 7.11 Å². The molecule has 24 heavy (non-hydrogen) atoms. The molecule has 0 heterocycles. The maximum atomic E-state index is 12.5. The molecule has 0 aliphatic carbocycles. The van der Waals surface area contributed by atoms with Crippen LogP contribution in [0.4, 0.5) is 13.2 Å². The molecule has 0 bridgehead atoms. The molecule has 1 atom stereocenters. The fourth-order valence-corrected chi connectivity index (χ4v) is 1.86. The molecule has 0 saturated carbocycles. The number of hydrogen-bond donors (Lipinski definition) is 0. The van der Waals surface area contributed by atoms with Crippen molar-refractivity contribution in [2.45, 2.75) is 12.3 Å². The summed E-state index contributed by atoms with van der Waals surface area (Å²) in [5.41, 5.74) is -0.801. The van der Waals surface area contributed by atoms with Crippen molar-refractivity contribution in [2.75, 3.05) is 13.7 Å². The second kappa shape index (κ2) is 7.72. The van der Waals surface area contributed by atoms with Gasteiger partial charge in [-0.2, -0.15) is 13.2 Å². The summed E-state index contributed by atoms with van der Waals surface area (Å²) >= 11 is 0. The molecule has 0 fully saturated rings. The molecule has 0 aliphatic rings. The number of alkyl halides is 3. The Labute approximate surface area is 136 Å². The van der Waals surface area contributed by atoms with Crippen LogP contribution in [0.5, 0.6) is 11.5 Å². The lowest BCUT2D eigenvalue weighted by Crippen LogP contribution is -2.34. The van der Waals surface area contributed by atoms with Crippen LogP contribution >= 0.6 is 0 Å². The molecule has 2 aromatic carbocycles. The third kappa shape index (κ3) is 4.91. The summed E-state index contributed by atoms with van der Waals surface area (Å²) in [6.07, 6.45) is -5.54. The molecule has 0 radical (unpaired) electrons. The zero-order chi connectivity index (χ0) is 17.6. The van der Waals surface area contributed by atoms with Gasteiger partial charge in [0, 0.05) is 0 Å². The second-order valence-corrected chi connectivity index (χ2v) is 4.78. The first-order valence-electron chi connectivity index (χ1n) is 7.00. The van der Waals surface area contributed by atoms with Crippen LogP contribution in [0, 0.1) is 0 Å². The second-order valence-electron chi connectivity index (χ2n) is 4.78. The Morgan fingerprint density at radius 3 is 2.17 bits per heavy atom. The lowest BCUT2D eigenvalue weighted by Gasteiger charge is -2.18. The van der Waals surface area contributed by atoms with E-state index in [4.69, 9.17) is 9.47 Å². The summed E-state index contributed by atoms with van der Waals surface area (Å²) in [4.78, 5) is 11.8. The van der Waals surface area contributed by atoms with Gasteiger partial charge in [0.1, 0.15) is 18.1 Å². The van der Waals surface area contributed by atoms with Gasteiger partial charge in [0.15, 0.2) is 0 Å². The summed E-state index contributed by atoms with van der Waals surface area (Å²) in [6.45, 7) is -0.141. The van der Waals surface area contributed by atoms with Gasteiger partial charge < -0.3 is 14.2 Å². The third-order valence-corrected chi connectivity index (χ3v) is 3.07. The minimum absolute atomic E-state index is 0.107. The molecule has 0 aromatic heterocycles. The van der Waals surface area contributed by atoms with Gasteiger partial charge in [-0.3, -0.25) is 0 Å². The maximum Gasteiger partial charge on any atom is 0.416 e. The highest BCUT2D eigenvalue weighted by Crippen LogP contribution is 2.30. The molecule has 2 aromatic rings. The van der Waals surface area contributed by atoms with E-state index in [0.29, 0.717) is 5.75 Å². The van der Waals surface area contributed by atoms with Crippen molar-refractivity contribution in [1.29, 1.82) is 0 Å². The number of ether oxygens (including phenoxy) is 3. The van der Waals surface area contributed by atoms with E-state index in [1.54, 1.807) is 24.3 Å². The minimum atomic E-state index is -4.43. The number of rotatable bonds is 6. The van der Waals surface area contributed by atoms with Crippen molar-refractivity contribution in [3.8, 4) is 11.5 Å². The number of carbonyl (C=O) groups excluding carboxylic acids is 1. The first kappa shape index (κ1) is 17.7. The van der Waals surface area contributed by atoms with E-state index < -0.39 is 23.8 Å². The Morgan fingerprint density at radius 1 is 1.00 bits per heavy atom. The van der Waals surface area contributed by atoms with Gasteiger partial charge in [-0.25, -0.2) is 4.79 Å². The molecule has 0 amide bonds. The molecule has 0 aliphatic heterocycles. The lowest BCUT2D eigenvalue weighted by molar-refractivity contribution is -0.150. The highest BCUT2D eigenvalue weighted by Gasteiger charge is 2.30. The van der Waals surface area contributed by atoms with Gasteiger partial charge in [-0.15, -0.1) is 0 Å². The number of para-hydroxylation sites is 1. The van der Waals surface area contributed by atoms with E-state index in [-0.39, 0.29) is 12.4 Å². The van der Waals surface area contributed by atoms with Crippen LogP contribution in [0.3, 0.4) is 0 Å². The summed E-state index contributed by atoms with van der Waals surface area (Å²) < 4.78 is 53.1. The normalized spacial score (nSPS) is 12.3. The summed E-state index contributed by atoms with van der Waals surface area (Å²) in [7, 11) is 1.19. The SMILES string of the molecule is COC(=O)C(COc1ccccc1)Oc1ccc(C(F)(F)F)cc1. The topological polar surface area (TPSA) is 44.8 Å². The summed E-state index contributed by atoms with van der Waals surface area (Å²) in [5, 5.41) is 0. The number of carbonyl (C=O) groups is 1. The predicted octanol–water partition coefficient (Wildman–Crippen LogP) is 3.70. The standard InChI is InChI=1S/C17H15F3O4/c1-22-16(21)15(11-23-13-5-3-2-4-6-13)24-14-9-7-12(8-10-14)17(18,19)20/h2-10,15H,11H2,1H3. The Kier molecular flexibility index (Phi) is 5.68. The highest BCUT2D eigenvalue weighted by atomic mass is 19.4. The molecular weight excluding hydrogens is 325 g/mol. The van der Waals surface area contributed by atoms with Gasteiger partial charge in [0.25, 0.3) is 0 Å². The van der Waals surface area contributed by atoms with E-state index in [0.717, 1.165) is 24.3 Å². The maximum absolute atomic E-state index is 12.5. The van der Waals surface area contributed by atoms with Crippen molar-refractivity contribution in [2.24, 2.45) is 0 Å². The average Bonchev–Trinajstić information content (AvgIpc) is 2.58. The molecule has 0 saturated heterocycles. The number of methoxy groups -OCH3 is 1. The molecule has 7 heteroatoms. The van der Waals surface area contributed by atoms with Crippen molar-refractivity contribution in [3.05, 3.63) is 60.2 Å². The van der Waals surface area contributed by atoms with E-state index in [9.17, 15) is 18.0 Å². The van der Waals surface area contributed by atoms with Crippen molar-refractivity contribution in [1.82, 2.24) is 0 Å². The van der Waals surface area contributed by atoms with Crippen LogP contribution in [0.25, 0.3) is 0 Å². The molecule has 0 N–H and O–H groups in total. The fourth-order valence-electron chi connectivity index (χ4n) is 1.86. The first-order valence-corrected chi connectivity index (χ1v) is 7.00. The number of hydrogen-bond acceptors (Lipinski definition) is 4. The van der Waals surface area contributed by atoms with Crippen LogP contribution in [0.2, 0.25) is 0 Å². The van der Waals surface area contributed by atoms with Crippen LogP contribution in [-0.4, -0.2) is 25.8 Å². The van der Waals surface area contributed by atoms with Crippen molar-refractivity contribution >= 4 is 5.97 Å². The van der Waals surface area contributed by atoms with E-state index in [2.05, 4.69) is 4.74 Å². The molecule has 0 spiro atoms. The molecule has 1 unspecified atom stereocenters. The van der Waals surface area contributed by atoms with E-state index in [1.807, 2.05) is 6.07 Å². The Morgan fingerprint density at radius 2 is 1.62 bits per heavy atom. The number of benzene rings is 2. The smallest absolute Gasteiger partial charge is 0.416 e. The Hall–Kier alpha value is -2.70. The van der Waals surface area contributed by atoms with Gasteiger partial charge in [0.2, 0.25) is 6.10 Å². The van der Waals surface area contributed by atoms with Crippen molar-refractivity contribution < 1.29 is 32.2 Å². The van der Waals surface area contributed by atoms with Gasteiger partial charge in [-0.05, 0) is 36.4 Å². The van der Waals surface area contributed by atoms with Gasteiger partial charge in [0.05, 0.1) is 12.7 Å². The lowest BCUT2D eigenvalue weighted by atomic mass is 10.2. The zero-order valence-corrected chi connectivity index (χ0v) is 12.7. The van der Waals surface area contributed by atoms with E-state index >= 15 is 0 Å². The van der Waals surface area contributed by atoms with Gasteiger partial charge >= 0.3 is 12.1 Å². The number of halogens is 3. The Bertz CT molecular complexity index is 654. The van der Waals surface area contributed by atoms with Crippen LogP contribution in [-0.2, 0) is 15.7 Å². The quantitative estimate of drug-likeness (QED) is 0.752. The van der Waals surface area contributed by atoms with Crippen LogP contribution in [0.1, 0.15) is 5.56 Å². The molecular formula is C17H15F3O4. The number of esters is 1. The highest BCUT2D eigenvalue weighted by molar-refractivity contribution is 5.75. The first-order chi connectivity index (χ1) is 11.4. The largest absolute Gasteiger partial charge is 0.489 e. The third-order valence-electron chi connectivity index (χ3n) is 3.07.